The van der Waals surface area contributed by atoms with Gasteiger partial charge in [0.05, 0.1) is 36.4 Å². The lowest BCUT2D eigenvalue weighted by Crippen LogP contribution is -2.40. The third-order valence-electron chi connectivity index (χ3n) is 7.86. The predicted molar refractivity (Wildman–Crippen MR) is 130 cm³/mol. The molecule has 2 aromatic carbocycles. The van der Waals surface area contributed by atoms with Gasteiger partial charge in [-0.05, 0) is 68.4 Å². The van der Waals surface area contributed by atoms with Crippen molar-refractivity contribution >= 4 is 27.8 Å². The molecule has 8 heteroatoms. The first kappa shape index (κ1) is 22.1. The number of carbonyl (C=O) groups is 1. The molecule has 0 spiro atoms. The van der Waals surface area contributed by atoms with Crippen LogP contribution in [0.1, 0.15) is 55.7 Å². The van der Waals surface area contributed by atoms with Crippen molar-refractivity contribution < 1.29 is 23.8 Å². The molecule has 4 aromatic rings. The lowest BCUT2D eigenvalue weighted by atomic mass is 9.60. The minimum absolute atomic E-state index is 0.111. The van der Waals surface area contributed by atoms with Crippen molar-refractivity contribution in [3.8, 4) is 11.4 Å². The molecule has 0 bridgehead atoms. The summed E-state index contributed by atoms with van der Waals surface area (Å²) in [5.41, 5.74) is 4.31. The van der Waals surface area contributed by atoms with E-state index in [2.05, 4.69) is 26.9 Å². The van der Waals surface area contributed by atoms with Crippen LogP contribution in [0.25, 0.3) is 27.5 Å². The third-order valence-corrected chi connectivity index (χ3v) is 7.86. The number of hydrogen-bond acceptors (Lipinski definition) is 4. The maximum absolute atomic E-state index is 14.4. The van der Waals surface area contributed by atoms with Gasteiger partial charge in [-0.1, -0.05) is 0 Å². The SMILES string of the molecule is COc1cc(-n2c(C3CCCOC3)c([C@H]3C[C@](C)(C(=O)O)C3)c3cc4[nH]ncc4cc32)ccc1F. The van der Waals surface area contributed by atoms with Crippen molar-refractivity contribution in [2.75, 3.05) is 20.3 Å². The molecule has 2 fully saturated rings. The number of H-pyrrole nitrogens is 1. The summed E-state index contributed by atoms with van der Waals surface area (Å²) >= 11 is 0. The smallest absolute Gasteiger partial charge is 0.309 e. The second-order valence-corrected chi connectivity index (χ2v) is 10.2. The quantitative estimate of drug-likeness (QED) is 0.395. The third kappa shape index (κ3) is 3.42. The van der Waals surface area contributed by atoms with Crippen molar-refractivity contribution in [3.63, 3.8) is 0 Å². The molecule has 1 aliphatic carbocycles. The zero-order chi connectivity index (χ0) is 24.3. The molecule has 3 heterocycles. The van der Waals surface area contributed by atoms with Gasteiger partial charge in [-0.3, -0.25) is 9.89 Å². The highest BCUT2D eigenvalue weighted by atomic mass is 19.1. The Labute approximate surface area is 201 Å². The van der Waals surface area contributed by atoms with E-state index in [-0.39, 0.29) is 17.6 Å². The monoisotopic (exact) mass is 477 g/mol. The molecule has 182 valence electrons. The van der Waals surface area contributed by atoms with E-state index in [1.54, 1.807) is 18.3 Å². The number of nitrogens with one attached hydrogen (secondary N) is 1. The molecule has 1 saturated carbocycles. The van der Waals surface area contributed by atoms with Gasteiger partial charge in [0.25, 0.3) is 0 Å². The Morgan fingerprint density at radius 1 is 1.29 bits per heavy atom. The molecule has 1 unspecified atom stereocenters. The number of halogens is 1. The molecule has 1 aliphatic heterocycles. The van der Waals surface area contributed by atoms with Gasteiger partial charge < -0.3 is 19.1 Å². The predicted octanol–water partition coefficient (Wildman–Crippen LogP) is 5.52. The fourth-order valence-electron chi connectivity index (χ4n) is 6.03. The summed E-state index contributed by atoms with van der Waals surface area (Å²) in [5.74, 6) is -0.721. The summed E-state index contributed by atoms with van der Waals surface area (Å²) in [4.78, 5) is 11.9. The minimum atomic E-state index is -0.751. The number of aromatic nitrogens is 3. The van der Waals surface area contributed by atoms with Gasteiger partial charge in [0, 0.05) is 40.7 Å². The van der Waals surface area contributed by atoms with Gasteiger partial charge in [0.15, 0.2) is 11.6 Å². The van der Waals surface area contributed by atoms with E-state index in [0.717, 1.165) is 52.6 Å². The molecule has 2 aromatic heterocycles. The van der Waals surface area contributed by atoms with Gasteiger partial charge in [-0.2, -0.15) is 5.10 Å². The van der Waals surface area contributed by atoms with Crippen molar-refractivity contribution in [2.45, 2.75) is 44.4 Å². The fraction of sp³-hybridized carbons (Fsp3) is 0.407. The van der Waals surface area contributed by atoms with E-state index in [0.29, 0.717) is 19.4 Å². The van der Waals surface area contributed by atoms with E-state index in [9.17, 15) is 14.3 Å². The number of carboxylic acid groups (broad SMARTS) is 1. The Hall–Kier alpha value is -3.39. The van der Waals surface area contributed by atoms with Crippen LogP contribution in [0.3, 0.4) is 0 Å². The minimum Gasteiger partial charge on any atom is -0.494 e. The van der Waals surface area contributed by atoms with E-state index in [1.165, 1.54) is 18.7 Å². The Morgan fingerprint density at radius 2 is 2.11 bits per heavy atom. The average molecular weight is 478 g/mol. The van der Waals surface area contributed by atoms with E-state index in [4.69, 9.17) is 9.47 Å². The van der Waals surface area contributed by atoms with E-state index < -0.39 is 17.2 Å². The number of hydrogen-bond donors (Lipinski definition) is 2. The number of aliphatic carboxylic acids is 1. The number of benzene rings is 2. The highest BCUT2D eigenvalue weighted by Crippen LogP contribution is 2.55. The maximum atomic E-state index is 14.4. The normalized spacial score (nSPS) is 24.5. The highest BCUT2D eigenvalue weighted by molar-refractivity contribution is 5.99. The second kappa shape index (κ2) is 8.09. The first-order chi connectivity index (χ1) is 16.9. The van der Waals surface area contributed by atoms with Crippen molar-refractivity contribution in [1.82, 2.24) is 14.8 Å². The van der Waals surface area contributed by atoms with Gasteiger partial charge in [-0.25, -0.2) is 4.39 Å². The van der Waals surface area contributed by atoms with Gasteiger partial charge >= 0.3 is 5.97 Å². The molecular weight excluding hydrogens is 449 g/mol. The summed E-state index contributed by atoms with van der Waals surface area (Å²) in [7, 11) is 1.47. The number of nitrogens with zero attached hydrogens (tertiary/aromatic N) is 2. The molecule has 6 rings (SSSR count). The lowest BCUT2D eigenvalue weighted by molar-refractivity contribution is -0.154. The molecule has 1 atom stereocenters. The number of ether oxygens (including phenoxy) is 2. The molecule has 35 heavy (non-hydrogen) atoms. The van der Waals surface area contributed by atoms with E-state index >= 15 is 0 Å². The van der Waals surface area contributed by atoms with Crippen molar-refractivity contribution in [2.24, 2.45) is 5.41 Å². The molecule has 7 nitrogen and oxygen atoms in total. The van der Waals surface area contributed by atoms with Gasteiger partial charge in [-0.15, -0.1) is 0 Å². The number of methoxy groups -OCH3 is 1. The summed E-state index contributed by atoms with van der Waals surface area (Å²) in [5, 5.41) is 19.1. The fourth-order valence-corrected chi connectivity index (χ4v) is 6.03. The van der Waals surface area contributed by atoms with Gasteiger partial charge in [0.2, 0.25) is 0 Å². The molecule has 2 aliphatic rings. The maximum Gasteiger partial charge on any atom is 0.309 e. The summed E-state index contributed by atoms with van der Waals surface area (Å²) in [6.45, 7) is 3.17. The number of fused-ring (bicyclic) bond motifs is 2. The topological polar surface area (TPSA) is 89.4 Å². The van der Waals surface area contributed by atoms with Crippen LogP contribution in [0.15, 0.2) is 36.5 Å². The van der Waals surface area contributed by atoms with E-state index in [1.807, 2.05) is 6.92 Å². The molecular formula is C27H28FN3O4. The Kier molecular flexibility index (Phi) is 5.11. The van der Waals surface area contributed by atoms with Crippen LogP contribution in [-0.4, -0.2) is 46.2 Å². The van der Waals surface area contributed by atoms with Crippen LogP contribution in [-0.2, 0) is 9.53 Å². The molecule has 0 amide bonds. The average Bonchev–Trinajstić information content (AvgIpc) is 3.43. The Balaban J connectivity index is 1.65. The summed E-state index contributed by atoms with van der Waals surface area (Å²) < 4.78 is 27.8. The number of aromatic amines is 1. The summed E-state index contributed by atoms with van der Waals surface area (Å²) in [6, 6.07) is 9.16. The lowest BCUT2D eigenvalue weighted by Gasteiger charge is -2.43. The largest absolute Gasteiger partial charge is 0.494 e. The molecule has 2 N–H and O–H groups in total. The zero-order valence-electron chi connectivity index (χ0n) is 19.8. The molecule has 0 radical (unpaired) electrons. The van der Waals surface area contributed by atoms with Crippen molar-refractivity contribution in [1.29, 1.82) is 0 Å². The first-order valence-electron chi connectivity index (χ1n) is 12.1. The van der Waals surface area contributed by atoms with Crippen LogP contribution < -0.4 is 4.74 Å². The number of carboxylic acids is 1. The Bertz CT molecular complexity index is 1440. The van der Waals surface area contributed by atoms with Crippen LogP contribution in [0.2, 0.25) is 0 Å². The summed E-state index contributed by atoms with van der Waals surface area (Å²) in [6.07, 6.45) is 4.89. The standard InChI is InChI=1S/C27H28FN3O4/c1-27(26(32)33)11-17(12-27)24-19-10-21-16(13-29-30-21)8-22(19)31(25(24)15-4-3-7-35-14-15)18-5-6-20(28)23(9-18)34-2/h5-6,8-10,13,15,17H,3-4,7,11-12,14H2,1-2H3,(H,29,30)(H,32,33)/t15?,17-,27-. The second-order valence-electron chi connectivity index (χ2n) is 10.2. The van der Waals surface area contributed by atoms with Crippen LogP contribution in [0.5, 0.6) is 5.75 Å². The van der Waals surface area contributed by atoms with Crippen LogP contribution >= 0.6 is 0 Å². The van der Waals surface area contributed by atoms with Crippen molar-refractivity contribution in [3.05, 3.63) is 53.6 Å². The van der Waals surface area contributed by atoms with Gasteiger partial charge in [0.1, 0.15) is 0 Å². The molecule has 1 saturated heterocycles. The highest BCUT2D eigenvalue weighted by Gasteiger charge is 2.49. The zero-order valence-corrected chi connectivity index (χ0v) is 19.8. The van der Waals surface area contributed by atoms with Crippen LogP contribution in [0, 0.1) is 11.2 Å². The Morgan fingerprint density at radius 3 is 2.83 bits per heavy atom. The first-order valence-corrected chi connectivity index (χ1v) is 12.1. The number of rotatable bonds is 5. The van der Waals surface area contributed by atoms with Crippen LogP contribution in [0.4, 0.5) is 4.39 Å².